The fourth-order valence-electron chi connectivity index (χ4n) is 3.20. The monoisotopic (exact) mass is 334 g/mol. The van der Waals surface area contributed by atoms with Gasteiger partial charge in [0.25, 0.3) is 0 Å². The number of rotatable bonds is 4. The highest BCUT2D eigenvalue weighted by atomic mass is 16.5. The highest BCUT2D eigenvalue weighted by molar-refractivity contribution is 6.41. The molecule has 0 saturated carbocycles. The molecule has 1 aliphatic heterocycles. The van der Waals surface area contributed by atoms with Gasteiger partial charge in [-0.15, -0.1) is 0 Å². The molecule has 0 bridgehead atoms. The van der Waals surface area contributed by atoms with E-state index in [2.05, 4.69) is 0 Å². The van der Waals surface area contributed by atoms with Crippen LogP contribution in [-0.2, 0) is 4.74 Å². The summed E-state index contributed by atoms with van der Waals surface area (Å²) in [5.41, 5.74) is 1.98. The normalized spacial score (nSPS) is 19.2. The molecule has 1 unspecified atom stereocenters. The lowest BCUT2D eigenvalue weighted by molar-refractivity contribution is 0.0679. The molecule has 4 nitrogen and oxygen atoms in total. The number of hydrogen-bond acceptors (Lipinski definition) is 4. The molecule has 0 radical (unpaired) electrons. The van der Waals surface area contributed by atoms with Crippen molar-refractivity contribution in [2.75, 3.05) is 13.2 Å². The number of fused-ring (bicyclic) bond motifs is 1. The van der Waals surface area contributed by atoms with Crippen molar-refractivity contribution in [1.29, 1.82) is 0 Å². The molecular formula is C21H18O4. The van der Waals surface area contributed by atoms with Gasteiger partial charge >= 0.3 is 0 Å². The van der Waals surface area contributed by atoms with Crippen molar-refractivity contribution in [1.82, 2.24) is 0 Å². The van der Waals surface area contributed by atoms with E-state index in [1.807, 2.05) is 24.3 Å². The SMILES string of the molecule is O=C1C(=Cc2ccc(OCC3CCCO3)cc2)C(=O)c2ccccc21. The molecule has 1 heterocycles. The molecule has 0 aromatic heterocycles. The fourth-order valence-corrected chi connectivity index (χ4v) is 3.20. The van der Waals surface area contributed by atoms with Crippen LogP contribution in [0.3, 0.4) is 0 Å². The summed E-state index contributed by atoms with van der Waals surface area (Å²) >= 11 is 0. The maximum Gasteiger partial charge on any atom is 0.197 e. The summed E-state index contributed by atoms with van der Waals surface area (Å²) in [5, 5.41) is 0. The summed E-state index contributed by atoms with van der Waals surface area (Å²) < 4.78 is 11.3. The number of ether oxygens (including phenoxy) is 2. The first-order chi connectivity index (χ1) is 12.2. The van der Waals surface area contributed by atoms with Gasteiger partial charge in [0.15, 0.2) is 11.6 Å². The number of carbonyl (C=O) groups excluding carboxylic acids is 2. The molecule has 0 amide bonds. The topological polar surface area (TPSA) is 52.6 Å². The van der Waals surface area contributed by atoms with Gasteiger partial charge in [0.1, 0.15) is 12.4 Å². The van der Waals surface area contributed by atoms with E-state index in [4.69, 9.17) is 9.47 Å². The number of Topliss-reactive ketones (excluding diaryl/α,β-unsaturated/α-hetero) is 2. The van der Waals surface area contributed by atoms with Gasteiger partial charge in [-0.3, -0.25) is 9.59 Å². The molecular weight excluding hydrogens is 316 g/mol. The summed E-state index contributed by atoms with van der Waals surface area (Å²) in [6.45, 7) is 1.36. The van der Waals surface area contributed by atoms with Gasteiger partial charge in [0, 0.05) is 17.7 Å². The molecule has 4 rings (SSSR count). The molecule has 1 fully saturated rings. The predicted molar refractivity (Wildman–Crippen MR) is 94.0 cm³/mol. The van der Waals surface area contributed by atoms with Gasteiger partial charge < -0.3 is 9.47 Å². The van der Waals surface area contributed by atoms with Crippen molar-refractivity contribution < 1.29 is 19.1 Å². The maximum atomic E-state index is 12.4. The van der Waals surface area contributed by atoms with Crippen LogP contribution in [0.5, 0.6) is 5.75 Å². The van der Waals surface area contributed by atoms with Crippen molar-refractivity contribution >= 4 is 17.6 Å². The van der Waals surface area contributed by atoms with Crippen molar-refractivity contribution in [3.8, 4) is 5.75 Å². The van der Waals surface area contributed by atoms with E-state index in [9.17, 15) is 9.59 Å². The Bertz CT molecular complexity index is 805. The van der Waals surface area contributed by atoms with E-state index >= 15 is 0 Å². The molecule has 25 heavy (non-hydrogen) atoms. The molecule has 1 aliphatic carbocycles. The van der Waals surface area contributed by atoms with Gasteiger partial charge in [-0.25, -0.2) is 0 Å². The third-order valence-corrected chi connectivity index (χ3v) is 4.56. The van der Waals surface area contributed by atoms with Crippen molar-refractivity contribution in [3.63, 3.8) is 0 Å². The van der Waals surface area contributed by atoms with Crippen LogP contribution in [0.2, 0.25) is 0 Å². The molecule has 0 spiro atoms. The Morgan fingerprint density at radius 2 is 1.68 bits per heavy atom. The number of carbonyl (C=O) groups is 2. The highest BCUT2D eigenvalue weighted by Gasteiger charge is 2.32. The average molecular weight is 334 g/mol. The van der Waals surface area contributed by atoms with Gasteiger partial charge in [-0.2, -0.15) is 0 Å². The maximum absolute atomic E-state index is 12.4. The van der Waals surface area contributed by atoms with Crippen LogP contribution in [0.15, 0.2) is 54.1 Å². The number of allylic oxidation sites excluding steroid dienone is 1. The zero-order chi connectivity index (χ0) is 17.2. The Morgan fingerprint density at radius 3 is 2.28 bits per heavy atom. The first-order valence-corrected chi connectivity index (χ1v) is 8.47. The largest absolute Gasteiger partial charge is 0.491 e. The minimum absolute atomic E-state index is 0.175. The van der Waals surface area contributed by atoms with E-state index in [0.29, 0.717) is 17.7 Å². The van der Waals surface area contributed by atoms with Crippen LogP contribution in [0, 0.1) is 0 Å². The minimum atomic E-state index is -0.209. The first kappa shape index (κ1) is 15.8. The van der Waals surface area contributed by atoms with E-state index in [-0.39, 0.29) is 23.2 Å². The molecule has 2 aromatic rings. The minimum Gasteiger partial charge on any atom is -0.491 e. The van der Waals surface area contributed by atoms with E-state index in [1.54, 1.807) is 30.3 Å². The standard InChI is InChI=1S/C21H18O4/c22-20-17-5-1-2-6-18(17)21(23)19(20)12-14-7-9-15(10-8-14)25-13-16-4-3-11-24-16/h1-2,5-10,12,16H,3-4,11,13H2. The molecule has 4 heteroatoms. The Hall–Kier alpha value is -2.72. The predicted octanol–water partition coefficient (Wildman–Crippen LogP) is 3.71. The Labute approximate surface area is 146 Å². The smallest absolute Gasteiger partial charge is 0.197 e. The summed E-state index contributed by atoms with van der Waals surface area (Å²) in [6, 6.07) is 14.3. The molecule has 2 aromatic carbocycles. The molecule has 1 saturated heterocycles. The lowest BCUT2D eigenvalue weighted by Crippen LogP contribution is -2.16. The van der Waals surface area contributed by atoms with Gasteiger partial charge in [0.2, 0.25) is 0 Å². The van der Waals surface area contributed by atoms with Crippen LogP contribution in [0.1, 0.15) is 39.1 Å². The highest BCUT2D eigenvalue weighted by Crippen LogP contribution is 2.28. The average Bonchev–Trinajstić information content (AvgIpc) is 3.25. The summed E-state index contributed by atoms with van der Waals surface area (Å²) in [4.78, 5) is 24.8. The lowest BCUT2D eigenvalue weighted by atomic mass is 10.1. The third kappa shape index (κ3) is 3.13. The summed E-state index contributed by atoms with van der Waals surface area (Å²) in [6.07, 6.45) is 3.95. The van der Waals surface area contributed by atoms with Crippen molar-refractivity contribution in [2.45, 2.75) is 18.9 Å². The number of hydrogen-bond donors (Lipinski definition) is 0. The summed E-state index contributed by atoms with van der Waals surface area (Å²) in [7, 11) is 0. The molecule has 2 aliphatic rings. The van der Waals surface area contributed by atoms with Crippen LogP contribution >= 0.6 is 0 Å². The zero-order valence-corrected chi connectivity index (χ0v) is 13.7. The van der Waals surface area contributed by atoms with E-state index in [0.717, 1.165) is 30.8 Å². The van der Waals surface area contributed by atoms with E-state index < -0.39 is 0 Å². The Kier molecular flexibility index (Phi) is 4.20. The van der Waals surface area contributed by atoms with Gasteiger partial charge in [0.05, 0.1) is 11.7 Å². The zero-order valence-electron chi connectivity index (χ0n) is 13.7. The van der Waals surface area contributed by atoms with Crippen LogP contribution in [0.4, 0.5) is 0 Å². The Morgan fingerprint density at radius 1 is 1.00 bits per heavy atom. The number of ketones is 2. The third-order valence-electron chi connectivity index (χ3n) is 4.56. The second-order valence-electron chi connectivity index (χ2n) is 6.28. The molecule has 0 N–H and O–H groups in total. The van der Waals surface area contributed by atoms with Crippen molar-refractivity contribution in [2.24, 2.45) is 0 Å². The first-order valence-electron chi connectivity index (χ1n) is 8.47. The van der Waals surface area contributed by atoms with Crippen LogP contribution < -0.4 is 4.74 Å². The van der Waals surface area contributed by atoms with Crippen LogP contribution in [0.25, 0.3) is 6.08 Å². The number of benzene rings is 2. The Balaban J connectivity index is 1.48. The second-order valence-corrected chi connectivity index (χ2v) is 6.28. The molecule has 126 valence electrons. The van der Waals surface area contributed by atoms with Crippen LogP contribution in [-0.4, -0.2) is 30.9 Å². The van der Waals surface area contributed by atoms with Gasteiger partial charge in [-0.05, 0) is 36.6 Å². The molecule has 1 atom stereocenters. The van der Waals surface area contributed by atoms with Gasteiger partial charge in [-0.1, -0.05) is 36.4 Å². The second kappa shape index (κ2) is 6.65. The fraction of sp³-hybridized carbons (Fsp3) is 0.238. The summed E-state index contributed by atoms with van der Waals surface area (Å²) in [5.74, 6) is 0.337. The van der Waals surface area contributed by atoms with Crippen molar-refractivity contribution in [3.05, 3.63) is 70.8 Å². The quantitative estimate of drug-likeness (QED) is 0.632. The van der Waals surface area contributed by atoms with E-state index in [1.165, 1.54) is 0 Å². The lowest BCUT2D eigenvalue weighted by Gasteiger charge is -2.11.